The van der Waals surface area contributed by atoms with Crippen molar-refractivity contribution in [2.45, 2.75) is 20.3 Å². The molecular weight excluding hydrogens is 472 g/mol. The van der Waals surface area contributed by atoms with Gasteiger partial charge in [-0.2, -0.15) is 0 Å². The van der Waals surface area contributed by atoms with E-state index >= 15 is 0 Å². The molecule has 0 bridgehead atoms. The summed E-state index contributed by atoms with van der Waals surface area (Å²) in [4.78, 5) is 0. The van der Waals surface area contributed by atoms with E-state index in [2.05, 4.69) is 144 Å². The Morgan fingerprint density at radius 2 is 0.974 bits per heavy atom. The third kappa shape index (κ3) is 3.09. The first-order valence-electron chi connectivity index (χ1n) is 13.8. The van der Waals surface area contributed by atoms with Crippen LogP contribution in [-0.4, -0.2) is 9.13 Å². The van der Waals surface area contributed by atoms with Crippen molar-refractivity contribution in [1.82, 2.24) is 9.13 Å². The number of rotatable bonds is 3. The average molecular weight is 501 g/mol. The standard InChI is InChI=1S/C37H28N2/c1-3-25-13-10-20-32(24(25)2)38-34-18-8-6-16-28(34)30-23-37-31(22-36(30)38)29-17-7-9-19-35(29)39(37)33-21-11-14-26-12-4-5-15-27(26)33/h4-23H,3H2,1-2H3. The fraction of sp³-hybridized carbons (Fsp3) is 0.0811. The lowest BCUT2D eigenvalue weighted by Gasteiger charge is -2.14. The van der Waals surface area contributed by atoms with Gasteiger partial charge in [-0.1, -0.05) is 91.9 Å². The van der Waals surface area contributed by atoms with Gasteiger partial charge in [0.25, 0.3) is 0 Å². The summed E-state index contributed by atoms with van der Waals surface area (Å²) in [5.74, 6) is 0. The maximum atomic E-state index is 2.47. The van der Waals surface area contributed by atoms with Gasteiger partial charge in [-0.3, -0.25) is 0 Å². The largest absolute Gasteiger partial charge is 0.309 e. The van der Waals surface area contributed by atoms with Gasteiger partial charge in [0.15, 0.2) is 0 Å². The van der Waals surface area contributed by atoms with Gasteiger partial charge in [-0.05, 0) is 66.3 Å². The highest BCUT2D eigenvalue weighted by Gasteiger charge is 2.19. The predicted molar refractivity (Wildman–Crippen MR) is 167 cm³/mol. The van der Waals surface area contributed by atoms with E-state index in [0.717, 1.165) is 6.42 Å². The molecule has 8 rings (SSSR count). The summed E-state index contributed by atoms with van der Waals surface area (Å²) in [6, 6.07) is 44.5. The van der Waals surface area contributed by atoms with E-state index in [-0.39, 0.29) is 0 Å². The molecule has 39 heavy (non-hydrogen) atoms. The molecule has 0 atom stereocenters. The molecule has 0 N–H and O–H groups in total. The fourth-order valence-corrected chi connectivity index (χ4v) is 6.65. The molecule has 0 fully saturated rings. The summed E-state index contributed by atoms with van der Waals surface area (Å²) >= 11 is 0. The van der Waals surface area contributed by atoms with Crippen molar-refractivity contribution in [3.05, 3.63) is 132 Å². The topological polar surface area (TPSA) is 9.86 Å². The summed E-state index contributed by atoms with van der Waals surface area (Å²) in [5.41, 5.74) is 10.2. The highest BCUT2D eigenvalue weighted by Crippen LogP contribution is 2.41. The highest BCUT2D eigenvalue weighted by atomic mass is 15.0. The van der Waals surface area contributed by atoms with Gasteiger partial charge in [0, 0.05) is 32.6 Å². The van der Waals surface area contributed by atoms with E-state index in [4.69, 9.17) is 0 Å². The second kappa shape index (κ2) is 8.34. The lowest BCUT2D eigenvalue weighted by atomic mass is 10.0. The first-order chi connectivity index (χ1) is 19.2. The average Bonchev–Trinajstić information content (AvgIpc) is 3.48. The smallest absolute Gasteiger partial charge is 0.0549 e. The third-order valence-corrected chi connectivity index (χ3v) is 8.51. The number of aromatic nitrogens is 2. The molecule has 0 saturated heterocycles. The van der Waals surface area contributed by atoms with Gasteiger partial charge in [0.05, 0.1) is 27.8 Å². The monoisotopic (exact) mass is 500 g/mol. The van der Waals surface area contributed by atoms with Crippen LogP contribution in [0.15, 0.2) is 121 Å². The van der Waals surface area contributed by atoms with Crippen molar-refractivity contribution in [2.75, 3.05) is 0 Å². The van der Waals surface area contributed by atoms with Crippen LogP contribution in [0.5, 0.6) is 0 Å². The molecule has 0 amide bonds. The summed E-state index contributed by atoms with van der Waals surface area (Å²) in [5, 5.41) is 7.63. The Kier molecular flexibility index (Phi) is 4.75. The summed E-state index contributed by atoms with van der Waals surface area (Å²) < 4.78 is 4.93. The molecule has 186 valence electrons. The molecule has 0 saturated carbocycles. The zero-order valence-electron chi connectivity index (χ0n) is 22.1. The second-order valence-electron chi connectivity index (χ2n) is 10.5. The van der Waals surface area contributed by atoms with Crippen LogP contribution in [0, 0.1) is 6.92 Å². The van der Waals surface area contributed by atoms with Crippen LogP contribution in [0.25, 0.3) is 65.8 Å². The van der Waals surface area contributed by atoms with Crippen molar-refractivity contribution in [3.8, 4) is 11.4 Å². The number of para-hydroxylation sites is 2. The van der Waals surface area contributed by atoms with E-state index in [9.17, 15) is 0 Å². The summed E-state index contributed by atoms with van der Waals surface area (Å²) in [6.45, 7) is 4.50. The summed E-state index contributed by atoms with van der Waals surface area (Å²) in [6.07, 6.45) is 1.03. The molecule has 0 unspecified atom stereocenters. The maximum absolute atomic E-state index is 2.47. The van der Waals surface area contributed by atoms with Crippen molar-refractivity contribution in [1.29, 1.82) is 0 Å². The van der Waals surface area contributed by atoms with Crippen molar-refractivity contribution in [3.63, 3.8) is 0 Å². The van der Waals surface area contributed by atoms with Crippen LogP contribution < -0.4 is 0 Å². The molecule has 0 aliphatic carbocycles. The van der Waals surface area contributed by atoms with E-state index < -0.39 is 0 Å². The van der Waals surface area contributed by atoms with Crippen LogP contribution >= 0.6 is 0 Å². The molecule has 2 heterocycles. The van der Waals surface area contributed by atoms with Crippen LogP contribution in [0.2, 0.25) is 0 Å². The lowest BCUT2D eigenvalue weighted by Crippen LogP contribution is -2.00. The van der Waals surface area contributed by atoms with Gasteiger partial charge < -0.3 is 9.13 Å². The number of hydrogen-bond donors (Lipinski definition) is 0. The van der Waals surface area contributed by atoms with Gasteiger partial charge in [-0.15, -0.1) is 0 Å². The first-order valence-corrected chi connectivity index (χ1v) is 13.8. The normalized spacial score (nSPS) is 11.9. The van der Waals surface area contributed by atoms with Gasteiger partial charge in [0.2, 0.25) is 0 Å². The Hall–Kier alpha value is -4.82. The molecular formula is C37H28N2. The number of benzene rings is 6. The molecule has 2 nitrogen and oxygen atoms in total. The Morgan fingerprint density at radius 3 is 1.64 bits per heavy atom. The van der Waals surface area contributed by atoms with Crippen LogP contribution in [0.3, 0.4) is 0 Å². The Balaban J connectivity index is 1.56. The Morgan fingerprint density at radius 1 is 0.462 bits per heavy atom. The van der Waals surface area contributed by atoms with Gasteiger partial charge in [0.1, 0.15) is 0 Å². The number of aryl methyl sites for hydroxylation is 1. The van der Waals surface area contributed by atoms with Crippen LogP contribution in [0.4, 0.5) is 0 Å². The van der Waals surface area contributed by atoms with Crippen LogP contribution in [0.1, 0.15) is 18.1 Å². The molecule has 0 spiro atoms. The van der Waals surface area contributed by atoms with Crippen molar-refractivity contribution >= 4 is 54.4 Å². The molecule has 6 aromatic carbocycles. The molecule has 0 aliphatic rings. The van der Waals surface area contributed by atoms with E-state index in [1.54, 1.807) is 0 Å². The molecule has 0 aliphatic heterocycles. The zero-order chi connectivity index (χ0) is 26.1. The SMILES string of the molecule is CCc1cccc(-n2c3ccccc3c3cc4c(cc32)c2ccccc2n4-c2cccc3ccccc23)c1C. The lowest BCUT2D eigenvalue weighted by molar-refractivity contribution is 1.07. The molecule has 2 aromatic heterocycles. The zero-order valence-corrected chi connectivity index (χ0v) is 22.1. The first kappa shape index (κ1) is 22.2. The minimum Gasteiger partial charge on any atom is -0.309 e. The number of hydrogen-bond acceptors (Lipinski definition) is 0. The quantitative estimate of drug-likeness (QED) is 0.228. The maximum Gasteiger partial charge on any atom is 0.0549 e. The number of fused-ring (bicyclic) bond motifs is 7. The third-order valence-electron chi connectivity index (χ3n) is 8.51. The van der Waals surface area contributed by atoms with E-state index in [1.165, 1.54) is 76.9 Å². The number of nitrogens with zero attached hydrogens (tertiary/aromatic N) is 2. The fourth-order valence-electron chi connectivity index (χ4n) is 6.65. The van der Waals surface area contributed by atoms with E-state index in [0.29, 0.717) is 0 Å². The minimum atomic E-state index is 1.03. The van der Waals surface area contributed by atoms with Crippen LogP contribution in [-0.2, 0) is 6.42 Å². The van der Waals surface area contributed by atoms with Crippen molar-refractivity contribution in [2.24, 2.45) is 0 Å². The second-order valence-corrected chi connectivity index (χ2v) is 10.5. The Labute approximate surface area is 227 Å². The Bertz CT molecular complexity index is 2220. The summed E-state index contributed by atoms with van der Waals surface area (Å²) in [7, 11) is 0. The van der Waals surface area contributed by atoms with Gasteiger partial charge >= 0.3 is 0 Å². The van der Waals surface area contributed by atoms with Crippen molar-refractivity contribution < 1.29 is 0 Å². The molecule has 8 aromatic rings. The predicted octanol–water partition coefficient (Wildman–Crippen LogP) is 9.90. The molecule has 2 heteroatoms. The highest BCUT2D eigenvalue weighted by molar-refractivity contribution is 6.19. The van der Waals surface area contributed by atoms with Gasteiger partial charge in [-0.25, -0.2) is 0 Å². The van der Waals surface area contributed by atoms with E-state index in [1.807, 2.05) is 0 Å². The molecule has 0 radical (unpaired) electrons. The minimum absolute atomic E-state index is 1.03.